The van der Waals surface area contributed by atoms with Gasteiger partial charge in [-0.1, -0.05) is 24.3 Å². The highest BCUT2D eigenvalue weighted by Gasteiger charge is 2.49. The summed E-state index contributed by atoms with van der Waals surface area (Å²) in [6.45, 7) is 1.39. The summed E-state index contributed by atoms with van der Waals surface area (Å²) >= 11 is 0. The number of likely N-dealkylation sites (N-methyl/N-ethyl adjacent to an activating group) is 1. The number of hydrogen-bond acceptors (Lipinski definition) is 2. The van der Waals surface area contributed by atoms with Crippen molar-refractivity contribution in [1.29, 1.82) is 0 Å². The maximum Gasteiger partial charge on any atom is 0.334 e. The van der Waals surface area contributed by atoms with Crippen LogP contribution in [0.4, 0.5) is 0 Å². The molecule has 1 amide bonds. The number of rotatable bonds is 2. The third-order valence-electron chi connectivity index (χ3n) is 3.62. The van der Waals surface area contributed by atoms with Crippen LogP contribution < -0.4 is 0 Å². The Hall–Kier alpha value is -1.84. The van der Waals surface area contributed by atoms with E-state index in [4.69, 9.17) is 0 Å². The number of benzene rings is 1. The molecule has 0 heterocycles. The molecule has 2 rings (SSSR count). The lowest BCUT2D eigenvalue weighted by Gasteiger charge is -2.35. The molecule has 0 fully saturated rings. The number of carbonyl (C=O) groups is 2. The quantitative estimate of drug-likeness (QED) is 0.839. The second-order valence-corrected chi connectivity index (χ2v) is 4.40. The highest BCUT2D eigenvalue weighted by Crippen LogP contribution is 2.41. The zero-order valence-corrected chi connectivity index (χ0v) is 9.93. The Labute approximate surface area is 99.9 Å². The fourth-order valence-electron chi connectivity index (χ4n) is 2.57. The largest absolute Gasteiger partial charge is 0.479 e. The van der Waals surface area contributed by atoms with Crippen LogP contribution in [-0.4, -0.2) is 28.9 Å². The van der Waals surface area contributed by atoms with Crippen molar-refractivity contribution in [2.24, 2.45) is 0 Å². The van der Waals surface area contributed by atoms with Crippen molar-refractivity contribution in [2.45, 2.75) is 25.3 Å². The second kappa shape index (κ2) is 3.87. The highest BCUT2D eigenvalue weighted by molar-refractivity contribution is 5.88. The van der Waals surface area contributed by atoms with Gasteiger partial charge in [0.2, 0.25) is 5.91 Å². The van der Waals surface area contributed by atoms with E-state index < -0.39 is 11.5 Å². The van der Waals surface area contributed by atoms with E-state index in [1.165, 1.54) is 11.8 Å². The molecule has 1 aliphatic rings. The first-order valence-electron chi connectivity index (χ1n) is 5.56. The second-order valence-electron chi connectivity index (χ2n) is 4.40. The summed E-state index contributed by atoms with van der Waals surface area (Å²) in [6.07, 6.45) is 1.14. The van der Waals surface area contributed by atoms with Gasteiger partial charge in [-0.15, -0.1) is 0 Å². The number of hydrogen-bond donors (Lipinski definition) is 1. The van der Waals surface area contributed by atoms with Gasteiger partial charge in [-0.2, -0.15) is 0 Å². The van der Waals surface area contributed by atoms with Crippen LogP contribution in [0.1, 0.15) is 24.5 Å². The Balaban J connectivity index is 2.60. The summed E-state index contributed by atoms with van der Waals surface area (Å²) in [5.41, 5.74) is 0.566. The number of aryl methyl sites for hydroxylation is 1. The first-order chi connectivity index (χ1) is 8.00. The number of carboxylic acid groups (broad SMARTS) is 1. The summed E-state index contributed by atoms with van der Waals surface area (Å²) in [5.74, 6) is -1.19. The fraction of sp³-hybridized carbons (Fsp3) is 0.385. The van der Waals surface area contributed by atoms with E-state index >= 15 is 0 Å². The molecular weight excluding hydrogens is 218 g/mol. The first kappa shape index (κ1) is 11.6. The van der Waals surface area contributed by atoms with Crippen molar-refractivity contribution in [3.05, 3.63) is 35.4 Å². The van der Waals surface area contributed by atoms with Gasteiger partial charge in [0.15, 0.2) is 5.54 Å². The minimum Gasteiger partial charge on any atom is -0.479 e. The monoisotopic (exact) mass is 233 g/mol. The van der Waals surface area contributed by atoms with Crippen molar-refractivity contribution in [3.63, 3.8) is 0 Å². The normalized spacial score (nSPS) is 22.0. The van der Waals surface area contributed by atoms with Gasteiger partial charge in [-0.05, 0) is 24.0 Å². The third kappa shape index (κ3) is 1.52. The van der Waals surface area contributed by atoms with Gasteiger partial charge in [-0.25, -0.2) is 4.79 Å². The summed E-state index contributed by atoms with van der Waals surface area (Å²) in [5, 5.41) is 9.54. The minimum absolute atomic E-state index is 0.232. The molecule has 90 valence electrons. The Bertz CT molecular complexity index is 483. The molecule has 0 saturated heterocycles. The average molecular weight is 233 g/mol. The number of nitrogens with zero attached hydrogens (tertiary/aromatic N) is 1. The Morgan fingerprint density at radius 3 is 2.59 bits per heavy atom. The standard InChI is InChI=1S/C13H15NO3/c1-9(15)14(2)13(12(16)17)8-7-10-5-3-4-6-11(10)13/h3-6H,7-8H2,1-2H3,(H,16,17). The van der Waals surface area contributed by atoms with E-state index in [9.17, 15) is 14.7 Å². The minimum atomic E-state index is -1.19. The number of amides is 1. The fourth-order valence-corrected chi connectivity index (χ4v) is 2.57. The van der Waals surface area contributed by atoms with Crippen LogP contribution in [0.15, 0.2) is 24.3 Å². The smallest absolute Gasteiger partial charge is 0.334 e. The summed E-state index contributed by atoms with van der Waals surface area (Å²) in [6, 6.07) is 7.43. The molecule has 1 atom stereocenters. The molecule has 0 bridgehead atoms. The lowest BCUT2D eigenvalue weighted by molar-refractivity contribution is -0.157. The van der Waals surface area contributed by atoms with Crippen LogP contribution >= 0.6 is 0 Å². The number of fused-ring (bicyclic) bond motifs is 1. The predicted octanol–water partition coefficient (Wildman–Crippen LogP) is 1.39. The van der Waals surface area contributed by atoms with Crippen molar-refractivity contribution < 1.29 is 14.7 Å². The van der Waals surface area contributed by atoms with Crippen molar-refractivity contribution in [1.82, 2.24) is 4.90 Å². The van der Waals surface area contributed by atoms with Crippen LogP contribution in [0.25, 0.3) is 0 Å². The van der Waals surface area contributed by atoms with Crippen molar-refractivity contribution >= 4 is 11.9 Å². The molecular formula is C13H15NO3. The Kier molecular flexibility index (Phi) is 2.65. The lowest BCUT2D eigenvalue weighted by atomic mass is 9.90. The molecule has 4 heteroatoms. The van der Waals surface area contributed by atoms with Crippen LogP contribution in [0.2, 0.25) is 0 Å². The zero-order valence-electron chi connectivity index (χ0n) is 9.93. The molecule has 17 heavy (non-hydrogen) atoms. The lowest BCUT2D eigenvalue weighted by Crippen LogP contribution is -2.50. The molecule has 1 unspecified atom stereocenters. The number of aliphatic carboxylic acids is 1. The number of carboxylic acids is 1. The molecule has 0 saturated carbocycles. The van der Waals surface area contributed by atoms with E-state index in [0.717, 1.165) is 11.1 Å². The van der Waals surface area contributed by atoms with Crippen LogP contribution in [-0.2, 0) is 21.5 Å². The Morgan fingerprint density at radius 2 is 2.00 bits per heavy atom. The SMILES string of the molecule is CC(=O)N(C)C1(C(=O)O)CCc2ccccc21. The average Bonchev–Trinajstić information content (AvgIpc) is 2.68. The predicted molar refractivity (Wildman–Crippen MR) is 62.5 cm³/mol. The van der Waals surface area contributed by atoms with Gasteiger partial charge in [0.05, 0.1) is 0 Å². The van der Waals surface area contributed by atoms with Gasteiger partial charge >= 0.3 is 5.97 Å². The van der Waals surface area contributed by atoms with Gasteiger partial charge in [0, 0.05) is 14.0 Å². The zero-order chi connectivity index (χ0) is 12.6. The maximum absolute atomic E-state index is 11.6. The van der Waals surface area contributed by atoms with E-state index in [-0.39, 0.29) is 5.91 Å². The van der Waals surface area contributed by atoms with E-state index in [1.54, 1.807) is 13.1 Å². The summed E-state index contributed by atoms with van der Waals surface area (Å²) in [4.78, 5) is 24.5. The van der Waals surface area contributed by atoms with E-state index in [0.29, 0.717) is 12.8 Å². The molecule has 0 aliphatic heterocycles. The van der Waals surface area contributed by atoms with Gasteiger partial charge in [0.25, 0.3) is 0 Å². The maximum atomic E-state index is 11.6. The highest BCUT2D eigenvalue weighted by atomic mass is 16.4. The molecule has 1 N–H and O–H groups in total. The van der Waals surface area contributed by atoms with E-state index in [2.05, 4.69) is 0 Å². The summed E-state index contributed by atoms with van der Waals surface area (Å²) in [7, 11) is 1.55. The topological polar surface area (TPSA) is 57.6 Å². The van der Waals surface area contributed by atoms with Crippen LogP contribution in [0.5, 0.6) is 0 Å². The van der Waals surface area contributed by atoms with E-state index in [1.807, 2.05) is 18.2 Å². The molecule has 0 radical (unpaired) electrons. The molecule has 1 aromatic carbocycles. The van der Waals surface area contributed by atoms with Crippen LogP contribution in [0, 0.1) is 0 Å². The van der Waals surface area contributed by atoms with Crippen LogP contribution in [0.3, 0.4) is 0 Å². The molecule has 0 aromatic heterocycles. The van der Waals surface area contributed by atoms with Crippen molar-refractivity contribution in [3.8, 4) is 0 Å². The first-order valence-corrected chi connectivity index (χ1v) is 5.56. The van der Waals surface area contributed by atoms with Gasteiger partial charge in [-0.3, -0.25) is 4.79 Å². The Morgan fingerprint density at radius 1 is 1.35 bits per heavy atom. The van der Waals surface area contributed by atoms with Gasteiger partial charge < -0.3 is 10.0 Å². The molecule has 1 aromatic rings. The summed E-state index contributed by atoms with van der Waals surface area (Å²) < 4.78 is 0. The molecule has 1 aliphatic carbocycles. The number of carbonyl (C=O) groups excluding carboxylic acids is 1. The van der Waals surface area contributed by atoms with Crippen molar-refractivity contribution in [2.75, 3.05) is 7.05 Å². The van der Waals surface area contributed by atoms with Gasteiger partial charge in [0.1, 0.15) is 0 Å². The molecule has 4 nitrogen and oxygen atoms in total. The molecule has 0 spiro atoms. The third-order valence-corrected chi connectivity index (χ3v) is 3.62.